The molecule has 0 unspecified atom stereocenters. The van der Waals surface area contributed by atoms with Crippen LogP contribution >= 0.6 is 27.5 Å². The zero-order valence-electron chi connectivity index (χ0n) is 10.8. The normalized spacial score (nSPS) is 10.8. The Morgan fingerprint density at radius 3 is 2.86 bits per heavy atom. The topological polar surface area (TPSA) is 70.9 Å². The van der Waals surface area contributed by atoms with E-state index in [-0.39, 0.29) is 5.91 Å². The molecule has 21 heavy (non-hydrogen) atoms. The van der Waals surface area contributed by atoms with Crippen LogP contribution < -0.4 is 11.1 Å². The van der Waals surface area contributed by atoms with Crippen LogP contribution in [0.5, 0.6) is 0 Å². The summed E-state index contributed by atoms with van der Waals surface area (Å²) in [4.78, 5) is 15.5. The van der Waals surface area contributed by atoms with Gasteiger partial charge < -0.3 is 16.0 Å². The van der Waals surface area contributed by atoms with Crippen molar-refractivity contribution in [1.29, 1.82) is 0 Å². The number of amides is 1. The lowest BCUT2D eigenvalue weighted by atomic mass is 10.1. The number of carbonyl (C=O) groups excluding carboxylic acids is 1. The molecule has 0 aliphatic heterocycles. The van der Waals surface area contributed by atoms with E-state index < -0.39 is 0 Å². The van der Waals surface area contributed by atoms with E-state index in [0.717, 1.165) is 15.4 Å². The maximum Gasteiger partial charge on any atom is 0.257 e. The Morgan fingerprint density at radius 1 is 1.24 bits per heavy atom. The molecule has 3 rings (SSSR count). The average Bonchev–Trinajstić information content (AvgIpc) is 2.85. The summed E-state index contributed by atoms with van der Waals surface area (Å²) in [7, 11) is 0. The molecule has 1 heterocycles. The molecule has 0 aliphatic carbocycles. The fraction of sp³-hybridized carbons (Fsp3) is 0. The van der Waals surface area contributed by atoms with E-state index in [1.807, 2.05) is 6.07 Å². The number of aromatic nitrogens is 1. The highest BCUT2D eigenvalue weighted by Gasteiger charge is 2.13. The Balaban J connectivity index is 1.97. The fourth-order valence-electron chi connectivity index (χ4n) is 2.11. The Morgan fingerprint density at radius 2 is 2.05 bits per heavy atom. The van der Waals surface area contributed by atoms with Crippen molar-refractivity contribution >= 4 is 55.7 Å². The van der Waals surface area contributed by atoms with Gasteiger partial charge in [-0.2, -0.15) is 0 Å². The minimum absolute atomic E-state index is 0.227. The molecule has 0 bridgehead atoms. The van der Waals surface area contributed by atoms with Crippen molar-refractivity contribution in [1.82, 2.24) is 4.98 Å². The maximum atomic E-state index is 12.4. The van der Waals surface area contributed by atoms with Crippen LogP contribution in [0, 0.1) is 0 Å². The standard InChI is InChI=1S/C15H11BrClN3O/c16-12-3-1-8(17)5-14(12)20-15(21)11-7-19-13-4-2-9(18)6-10(11)13/h1-7,19H,18H2,(H,20,21). The molecule has 4 nitrogen and oxygen atoms in total. The Kier molecular flexibility index (Phi) is 3.61. The van der Waals surface area contributed by atoms with Gasteiger partial charge in [0, 0.05) is 32.3 Å². The highest BCUT2D eigenvalue weighted by atomic mass is 79.9. The Labute approximate surface area is 134 Å². The second kappa shape index (κ2) is 5.42. The predicted octanol–water partition coefficient (Wildman–Crippen LogP) is 4.42. The van der Waals surface area contributed by atoms with Gasteiger partial charge in [0.05, 0.1) is 11.3 Å². The number of carbonyl (C=O) groups is 1. The summed E-state index contributed by atoms with van der Waals surface area (Å²) in [6.07, 6.45) is 1.66. The molecule has 4 N–H and O–H groups in total. The number of hydrogen-bond acceptors (Lipinski definition) is 2. The monoisotopic (exact) mass is 363 g/mol. The summed E-state index contributed by atoms with van der Waals surface area (Å²) in [6, 6.07) is 10.6. The van der Waals surface area contributed by atoms with Crippen LogP contribution in [0.1, 0.15) is 10.4 Å². The summed E-state index contributed by atoms with van der Waals surface area (Å²) < 4.78 is 0.764. The number of hydrogen-bond donors (Lipinski definition) is 3. The fourth-order valence-corrected chi connectivity index (χ4v) is 2.63. The number of anilines is 2. The van der Waals surface area contributed by atoms with Gasteiger partial charge in [-0.25, -0.2) is 0 Å². The Bertz CT molecular complexity index is 844. The van der Waals surface area contributed by atoms with Gasteiger partial charge in [-0.15, -0.1) is 0 Å². The van der Waals surface area contributed by atoms with Crippen LogP contribution in [0.3, 0.4) is 0 Å². The number of rotatable bonds is 2. The van der Waals surface area contributed by atoms with Crippen LogP contribution in [0.25, 0.3) is 10.9 Å². The van der Waals surface area contributed by atoms with Gasteiger partial charge in [0.15, 0.2) is 0 Å². The summed E-state index contributed by atoms with van der Waals surface area (Å²) >= 11 is 9.33. The third-order valence-corrected chi connectivity index (χ3v) is 4.05. The predicted molar refractivity (Wildman–Crippen MR) is 89.8 cm³/mol. The zero-order valence-corrected chi connectivity index (χ0v) is 13.1. The van der Waals surface area contributed by atoms with E-state index in [0.29, 0.717) is 22.0 Å². The molecule has 1 amide bonds. The smallest absolute Gasteiger partial charge is 0.257 e. The van der Waals surface area contributed by atoms with Gasteiger partial charge >= 0.3 is 0 Å². The first-order chi connectivity index (χ1) is 10.0. The van der Waals surface area contributed by atoms with Crippen molar-refractivity contribution < 1.29 is 4.79 Å². The lowest BCUT2D eigenvalue weighted by molar-refractivity contribution is 0.102. The van der Waals surface area contributed by atoms with E-state index in [1.165, 1.54) is 0 Å². The molecular weight excluding hydrogens is 354 g/mol. The minimum atomic E-state index is -0.227. The van der Waals surface area contributed by atoms with Gasteiger partial charge in [0.1, 0.15) is 0 Å². The average molecular weight is 365 g/mol. The second-order valence-corrected chi connectivity index (χ2v) is 5.88. The SMILES string of the molecule is Nc1ccc2[nH]cc(C(=O)Nc3cc(Cl)ccc3Br)c2c1. The van der Waals surface area contributed by atoms with Crippen LogP contribution in [-0.2, 0) is 0 Å². The second-order valence-electron chi connectivity index (χ2n) is 4.59. The number of aromatic amines is 1. The quantitative estimate of drug-likeness (QED) is 0.589. The van der Waals surface area contributed by atoms with Gasteiger partial charge in [-0.3, -0.25) is 4.79 Å². The molecule has 0 saturated carbocycles. The highest BCUT2D eigenvalue weighted by molar-refractivity contribution is 9.10. The van der Waals surface area contributed by atoms with Gasteiger partial charge in [-0.05, 0) is 52.3 Å². The number of nitrogen functional groups attached to an aromatic ring is 1. The molecule has 0 spiro atoms. The van der Waals surface area contributed by atoms with Crippen LogP contribution in [-0.4, -0.2) is 10.9 Å². The first-order valence-corrected chi connectivity index (χ1v) is 7.35. The molecule has 0 fully saturated rings. The zero-order chi connectivity index (χ0) is 15.0. The molecule has 0 atom stereocenters. The number of H-pyrrole nitrogens is 1. The molecule has 6 heteroatoms. The van der Waals surface area contributed by atoms with Gasteiger partial charge in [0.25, 0.3) is 5.91 Å². The van der Waals surface area contributed by atoms with Gasteiger partial charge in [0.2, 0.25) is 0 Å². The summed E-state index contributed by atoms with van der Waals surface area (Å²) in [5.41, 5.74) is 8.40. The van der Waals surface area contributed by atoms with E-state index in [9.17, 15) is 4.79 Å². The van der Waals surface area contributed by atoms with Crippen LogP contribution in [0.15, 0.2) is 47.1 Å². The lowest BCUT2D eigenvalue weighted by Gasteiger charge is -2.07. The number of nitrogens with one attached hydrogen (secondary N) is 2. The molecule has 0 radical (unpaired) electrons. The molecular formula is C15H11BrClN3O. The van der Waals surface area contributed by atoms with Crippen molar-refractivity contribution in [3.05, 3.63) is 57.7 Å². The van der Waals surface area contributed by atoms with Crippen LogP contribution in [0.2, 0.25) is 5.02 Å². The summed E-state index contributed by atoms with van der Waals surface area (Å²) in [5.74, 6) is -0.227. The molecule has 0 aliphatic rings. The number of fused-ring (bicyclic) bond motifs is 1. The molecule has 2 aromatic carbocycles. The van der Waals surface area contributed by atoms with Crippen molar-refractivity contribution in [2.45, 2.75) is 0 Å². The third-order valence-electron chi connectivity index (χ3n) is 3.13. The first-order valence-electron chi connectivity index (χ1n) is 6.17. The Hall–Kier alpha value is -1.98. The van der Waals surface area contributed by atoms with Crippen molar-refractivity contribution in [3.63, 3.8) is 0 Å². The van der Waals surface area contributed by atoms with E-state index in [1.54, 1.807) is 36.5 Å². The number of halogens is 2. The molecule has 1 aromatic heterocycles. The van der Waals surface area contributed by atoms with Crippen molar-refractivity contribution in [3.8, 4) is 0 Å². The molecule has 3 aromatic rings. The third kappa shape index (κ3) is 2.75. The number of benzene rings is 2. The molecule has 0 saturated heterocycles. The summed E-state index contributed by atoms with van der Waals surface area (Å²) in [6.45, 7) is 0. The van der Waals surface area contributed by atoms with E-state index in [4.69, 9.17) is 17.3 Å². The van der Waals surface area contributed by atoms with Gasteiger partial charge in [-0.1, -0.05) is 11.6 Å². The summed E-state index contributed by atoms with van der Waals surface area (Å²) in [5, 5.41) is 4.17. The van der Waals surface area contributed by atoms with E-state index >= 15 is 0 Å². The largest absolute Gasteiger partial charge is 0.399 e. The van der Waals surface area contributed by atoms with Crippen molar-refractivity contribution in [2.24, 2.45) is 0 Å². The highest BCUT2D eigenvalue weighted by Crippen LogP contribution is 2.27. The van der Waals surface area contributed by atoms with E-state index in [2.05, 4.69) is 26.2 Å². The van der Waals surface area contributed by atoms with Crippen molar-refractivity contribution in [2.75, 3.05) is 11.1 Å². The lowest BCUT2D eigenvalue weighted by Crippen LogP contribution is -2.11. The maximum absolute atomic E-state index is 12.4. The van der Waals surface area contributed by atoms with Crippen LogP contribution in [0.4, 0.5) is 11.4 Å². The number of nitrogens with two attached hydrogens (primary N) is 1. The molecule has 106 valence electrons. The minimum Gasteiger partial charge on any atom is -0.399 e. The first kappa shape index (κ1) is 14.0.